The van der Waals surface area contributed by atoms with Crippen molar-refractivity contribution < 1.29 is 9.66 Å². The first-order valence-corrected chi connectivity index (χ1v) is 8.18. The molecule has 26 heavy (non-hydrogen) atoms. The van der Waals surface area contributed by atoms with E-state index in [9.17, 15) is 10.1 Å². The molecule has 0 aliphatic rings. The van der Waals surface area contributed by atoms with Gasteiger partial charge in [0.15, 0.2) is 5.96 Å². The first kappa shape index (κ1) is 19.0. The van der Waals surface area contributed by atoms with E-state index < -0.39 is 4.92 Å². The molecule has 0 bridgehead atoms. The molecule has 0 heterocycles. The summed E-state index contributed by atoms with van der Waals surface area (Å²) < 4.78 is 5.21. The van der Waals surface area contributed by atoms with Crippen LogP contribution in [0.25, 0.3) is 0 Å². The minimum absolute atomic E-state index is 0.0795. The van der Waals surface area contributed by atoms with Gasteiger partial charge in [-0.25, -0.2) is 0 Å². The number of rotatable bonds is 8. The molecule has 8 nitrogen and oxygen atoms in total. The van der Waals surface area contributed by atoms with Gasteiger partial charge < -0.3 is 20.7 Å². The number of non-ortho nitro benzene ring substituents is 1. The van der Waals surface area contributed by atoms with Crippen LogP contribution in [0.4, 0.5) is 11.4 Å². The number of guanidine groups is 1. The monoisotopic (exact) mass is 357 g/mol. The van der Waals surface area contributed by atoms with E-state index in [0.29, 0.717) is 25.6 Å². The smallest absolute Gasteiger partial charge is 0.269 e. The molecular formula is C18H23N5O3. The van der Waals surface area contributed by atoms with Gasteiger partial charge in [-0.15, -0.1) is 0 Å². The van der Waals surface area contributed by atoms with Crippen molar-refractivity contribution in [2.45, 2.75) is 6.54 Å². The van der Waals surface area contributed by atoms with Gasteiger partial charge >= 0.3 is 0 Å². The van der Waals surface area contributed by atoms with Crippen LogP contribution in [-0.4, -0.2) is 38.1 Å². The summed E-state index contributed by atoms with van der Waals surface area (Å²) in [6.45, 7) is 1.93. The molecule has 0 amide bonds. The Morgan fingerprint density at radius 1 is 1.15 bits per heavy atom. The van der Waals surface area contributed by atoms with E-state index >= 15 is 0 Å². The van der Waals surface area contributed by atoms with Crippen LogP contribution in [0.2, 0.25) is 0 Å². The fourth-order valence-corrected chi connectivity index (χ4v) is 2.28. The van der Waals surface area contributed by atoms with Crippen LogP contribution in [0.1, 0.15) is 5.56 Å². The number of methoxy groups -OCH3 is 1. The van der Waals surface area contributed by atoms with Crippen molar-refractivity contribution >= 4 is 17.3 Å². The lowest BCUT2D eigenvalue weighted by Crippen LogP contribution is -2.39. The zero-order valence-electron chi connectivity index (χ0n) is 14.9. The number of hydrogen-bond donors (Lipinski definition) is 3. The van der Waals surface area contributed by atoms with E-state index in [4.69, 9.17) is 4.74 Å². The highest BCUT2D eigenvalue weighted by Crippen LogP contribution is 2.15. The zero-order valence-corrected chi connectivity index (χ0v) is 14.9. The standard InChI is InChI=1S/C18H23N5O3/c1-19-18(22-13-14-4-3-5-17(12-14)26-2)21-11-10-20-15-6-8-16(9-7-15)23(24)25/h3-9,12,20H,10-11,13H2,1-2H3,(H2,19,21,22). The molecule has 3 N–H and O–H groups in total. The van der Waals surface area contributed by atoms with Gasteiger partial charge in [0.2, 0.25) is 0 Å². The number of nitrogens with one attached hydrogen (secondary N) is 3. The van der Waals surface area contributed by atoms with Crippen LogP contribution in [0.15, 0.2) is 53.5 Å². The van der Waals surface area contributed by atoms with Crippen LogP contribution in [0, 0.1) is 10.1 Å². The number of nitro benzene ring substituents is 1. The maximum absolute atomic E-state index is 10.6. The Bertz CT molecular complexity index is 747. The molecule has 138 valence electrons. The van der Waals surface area contributed by atoms with E-state index in [1.54, 1.807) is 26.3 Å². The maximum Gasteiger partial charge on any atom is 0.269 e. The third kappa shape index (κ3) is 5.97. The number of benzene rings is 2. The molecule has 0 radical (unpaired) electrons. The summed E-state index contributed by atoms with van der Waals surface area (Å²) in [5.41, 5.74) is 2.00. The van der Waals surface area contributed by atoms with Gasteiger partial charge in [-0.2, -0.15) is 0 Å². The zero-order chi connectivity index (χ0) is 18.8. The van der Waals surface area contributed by atoms with Gasteiger partial charge in [-0.05, 0) is 29.8 Å². The predicted molar refractivity (Wildman–Crippen MR) is 103 cm³/mol. The second kappa shape index (κ2) is 9.87. The molecule has 0 aliphatic heterocycles. The number of hydrogen-bond acceptors (Lipinski definition) is 5. The molecule has 0 saturated heterocycles. The van der Waals surface area contributed by atoms with Crippen LogP contribution < -0.4 is 20.7 Å². The average molecular weight is 357 g/mol. The van der Waals surface area contributed by atoms with Gasteiger partial charge in [0.1, 0.15) is 5.75 Å². The van der Waals surface area contributed by atoms with Gasteiger partial charge in [0, 0.05) is 44.5 Å². The second-order valence-electron chi connectivity index (χ2n) is 5.43. The fourth-order valence-electron chi connectivity index (χ4n) is 2.28. The van der Waals surface area contributed by atoms with Crippen LogP contribution >= 0.6 is 0 Å². The topological polar surface area (TPSA) is 101 Å². The largest absolute Gasteiger partial charge is 0.497 e. The van der Waals surface area contributed by atoms with E-state index in [0.717, 1.165) is 17.0 Å². The van der Waals surface area contributed by atoms with Crippen molar-refractivity contribution in [2.75, 3.05) is 32.6 Å². The van der Waals surface area contributed by atoms with Crippen molar-refractivity contribution in [3.8, 4) is 5.75 Å². The van der Waals surface area contributed by atoms with Crippen LogP contribution in [-0.2, 0) is 6.54 Å². The molecule has 0 aliphatic carbocycles. The molecule has 2 aromatic rings. The first-order valence-electron chi connectivity index (χ1n) is 8.18. The Balaban J connectivity index is 1.72. The van der Waals surface area contributed by atoms with Gasteiger partial charge in [0.05, 0.1) is 12.0 Å². The summed E-state index contributed by atoms with van der Waals surface area (Å²) in [7, 11) is 3.36. The quantitative estimate of drug-likeness (QED) is 0.220. The van der Waals surface area contributed by atoms with E-state index in [1.165, 1.54) is 12.1 Å². The summed E-state index contributed by atoms with van der Waals surface area (Å²) >= 11 is 0. The number of nitrogens with zero attached hydrogens (tertiary/aromatic N) is 2. The van der Waals surface area contributed by atoms with E-state index in [-0.39, 0.29) is 5.69 Å². The Labute approximate surface area is 152 Å². The third-order valence-corrected chi connectivity index (χ3v) is 3.64. The Hall–Kier alpha value is -3.29. The summed E-state index contributed by atoms with van der Waals surface area (Å²) in [6, 6.07) is 14.2. The maximum atomic E-state index is 10.6. The lowest BCUT2D eigenvalue weighted by atomic mass is 10.2. The highest BCUT2D eigenvalue weighted by molar-refractivity contribution is 5.79. The lowest BCUT2D eigenvalue weighted by Gasteiger charge is -2.13. The Kier molecular flexibility index (Phi) is 7.23. The highest BCUT2D eigenvalue weighted by atomic mass is 16.6. The highest BCUT2D eigenvalue weighted by Gasteiger charge is 2.03. The lowest BCUT2D eigenvalue weighted by molar-refractivity contribution is -0.384. The minimum atomic E-state index is -0.413. The molecule has 0 spiro atoms. The molecule has 2 rings (SSSR count). The summed E-state index contributed by atoms with van der Waals surface area (Å²) in [5, 5.41) is 20.3. The molecule has 8 heteroatoms. The van der Waals surface area contributed by atoms with Crippen LogP contribution in [0.5, 0.6) is 5.75 Å². The third-order valence-electron chi connectivity index (χ3n) is 3.64. The van der Waals surface area contributed by atoms with Crippen molar-refractivity contribution in [3.05, 3.63) is 64.2 Å². The molecule has 0 atom stereocenters. The number of ether oxygens (including phenoxy) is 1. The van der Waals surface area contributed by atoms with Crippen LogP contribution in [0.3, 0.4) is 0 Å². The van der Waals surface area contributed by atoms with Gasteiger partial charge in [-0.3, -0.25) is 15.1 Å². The average Bonchev–Trinajstić information content (AvgIpc) is 2.68. The van der Waals surface area contributed by atoms with Crippen molar-refractivity contribution in [3.63, 3.8) is 0 Å². The number of nitro groups is 1. The van der Waals surface area contributed by atoms with Gasteiger partial charge in [-0.1, -0.05) is 12.1 Å². The molecule has 0 fully saturated rings. The first-order chi connectivity index (χ1) is 12.6. The van der Waals surface area contributed by atoms with Crippen molar-refractivity contribution in [2.24, 2.45) is 4.99 Å². The Morgan fingerprint density at radius 3 is 2.58 bits per heavy atom. The van der Waals surface area contributed by atoms with Crippen molar-refractivity contribution in [1.82, 2.24) is 10.6 Å². The molecule has 0 aromatic heterocycles. The molecular weight excluding hydrogens is 334 g/mol. The summed E-state index contributed by atoms with van der Waals surface area (Å²) in [5.74, 6) is 1.51. The van der Waals surface area contributed by atoms with Crippen molar-refractivity contribution in [1.29, 1.82) is 0 Å². The SMILES string of the molecule is CN=C(NCCNc1ccc([N+](=O)[O-])cc1)NCc1cccc(OC)c1. The van der Waals surface area contributed by atoms with E-state index in [1.807, 2.05) is 24.3 Å². The van der Waals surface area contributed by atoms with E-state index in [2.05, 4.69) is 20.9 Å². The predicted octanol–water partition coefficient (Wildman–Crippen LogP) is 2.38. The molecule has 0 unspecified atom stereocenters. The second-order valence-corrected chi connectivity index (χ2v) is 5.43. The Morgan fingerprint density at radius 2 is 1.92 bits per heavy atom. The van der Waals surface area contributed by atoms with Gasteiger partial charge in [0.25, 0.3) is 5.69 Å². The fraction of sp³-hybridized carbons (Fsp3) is 0.278. The summed E-state index contributed by atoms with van der Waals surface area (Å²) in [4.78, 5) is 14.4. The number of anilines is 1. The molecule has 2 aromatic carbocycles. The molecule has 0 saturated carbocycles. The number of aliphatic imine (C=N–C) groups is 1. The normalized spacial score (nSPS) is 10.9. The minimum Gasteiger partial charge on any atom is -0.497 e. The summed E-state index contributed by atoms with van der Waals surface area (Å²) in [6.07, 6.45) is 0.